The average Bonchev–Trinajstić information content (AvgIpc) is 2.79. The van der Waals surface area contributed by atoms with Crippen molar-refractivity contribution >= 4 is 21.6 Å². The molecule has 1 heterocycles. The van der Waals surface area contributed by atoms with E-state index in [1.807, 2.05) is 30.3 Å². The molecule has 0 atom stereocenters. The minimum Gasteiger partial charge on any atom is -0.386 e. The first-order valence-electron chi connectivity index (χ1n) is 10.2. The van der Waals surface area contributed by atoms with Crippen molar-refractivity contribution in [3.05, 3.63) is 65.7 Å². The van der Waals surface area contributed by atoms with Crippen LogP contribution < -0.4 is 0 Å². The number of hydrogen-bond donors (Lipinski definition) is 0. The number of benzene rings is 2. The second-order valence-electron chi connectivity index (χ2n) is 7.60. The lowest BCUT2D eigenvalue weighted by Gasteiger charge is -2.27. The van der Waals surface area contributed by atoms with Crippen molar-refractivity contribution in [2.75, 3.05) is 26.7 Å². The first-order chi connectivity index (χ1) is 15.6. The van der Waals surface area contributed by atoms with Crippen molar-refractivity contribution in [1.82, 2.24) is 9.21 Å². The molecule has 0 radical (unpaired) electrons. The van der Waals surface area contributed by atoms with Crippen LogP contribution in [0, 0.1) is 0 Å². The average molecular weight is 484 g/mol. The van der Waals surface area contributed by atoms with Gasteiger partial charge in [-0.15, -0.1) is 0 Å². The van der Waals surface area contributed by atoms with Crippen LogP contribution in [0.15, 0.2) is 64.6 Å². The highest BCUT2D eigenvalue weighted by molar-refractivity contribution is 7.89. The predicted octanol–water partition coefficient (Wildman–Crippen LogP) is 3.52. The molecule has 1 fully saturated rings. The van der Waals surface area contributed by atoms with Crippen molar-refractivity contribution in [1.29, 1.82) is 0 Å². The Balaban J connectivity index is 1.51. The molecule has 0 N–H and O–H groups in total. The smallest absolute Gasteiger partial charge is 0.386 e. The Hall–Kier alpha value is -2.92. The van der Waals surface area contributed by atoms with Gasteiger partial charge in [-0.05, 0) is 23.8 Å². The third-order valence-corrected chi connectivity index (χ3v) is 7.06. The van der Waals surface area contributed by atoms with Gasteiger partial charge >= 0.3 is 6.18 Å². The van der Waals surface area contributed by atoms with E-state index in [1.54, 1.807) is 7.05 Å². The molecule has 1 aliphatic heterocycles. The second kappa shape index (κ2) is 10.3. The number of halogens is 3. The molecule has 1 aliphatic rings. The summed E-state index contributed by atoms with van der Waals surface area (Å²) in [6.07, 6.45) is -4.12. The standard InChI is InChI=1S/C22H24F3N3O4S/c1-27(15-17-6-3-2-4-7-17)21(29)16-32-26-19-10-12-28(13-11-19)33(30,31)20-9-5-8-18(14-20)22(23,24)25/h2-9,14H,10-13,15-16H2,1H3. The fraction of sp³-hybridized carbons (Fsp3) is 0.364. The summed E-state index contributed by atoms with van der Waals surface area (Å²) in [5.74, 6) is -0.257. The maximum atomic E-state index is 12.9. The number of piperidine rings is 1. The van der Waals surface area contributed by atoms with Gasteiger partial charge in [0.1, 0.15) is 0 Å². The van der Waals surface area contributed by atoms with Gasteiger partial charge in [0.05, 0.1) is 16.2 Å². The molecule has 1 saturated heterocycles. The predicted molar refractivity (Wildman–Crippen MR) is 116 cm³/mol. The van der Waals surface area contributed by atoms with Crippen molar-refractivity contribution in [3.8, 4) is 0 Å². The van der Waals surface area contributed by atoms with E-state index in [2.05, 4.69) is 5.16 Å². The Morgan fingerprint density at radius 1 is 1.09 bits per heavy atom. The van der Waals surface area contributed by atoms with Crippen LogP contribution >= 0.6 is 0 Å². The molecule has 0 bridgehead atoms. The fourth-order valence-corrected chi connectivity index (χ4v) is 4.78. The Morgan fingerprint density at radius 3 is 2.39 bits per heavy atom. The van der Waals surface area contributed by atoms with E-state index < -0.39 is 26.7 Å². The summed E-state index contributed by atoms with van der Waals surface area (Å²) in [7, 11) is -2.41. The molecule has 2 aromatic carbocycles. The van der Waals surface area contributed by atoms with Gasteiger partial charge in [0.2, 0.25) is 10.0 Å². The number of likely N-dealkylation sites (N-methyl/N-ethyl adjacent to an activating group) is 1. The monoisotopic (exact) mass is 483 g/mol. The van der Waals surface area contributed by atoms with Gasteiger partial charge in [0.25, 0.3) is 5.91 Å². The summed E-state index contributed by atoms with van der Waals surface area (Å²) in [5.41, 5.74) is 0.552. The van der Waals surface area contributed by atoms with E-state index in [0.29, 0.717) is 18.3 Å². The van der Waals surface area contributed by atoms with Crippen LogP contribution in [0.3, 0.4) is 0 Å². The van der Waals surface area contributed by atoms with E-state index in [9.17, 15) is 26.4 Å². The van der Waals surface area contributed by atoms with Crippen LogP contribution in [0.25, 0.3) is 0 Å². The SMILES string of the molecule is CN(Cc1ccccc1)C(=O)CON=C1CCN(S(=O)(=O)c2cccc(C(F)(F)F)c2)CC1. The summed E-state index contributed by atoms with van der Waals surface area (Å²) < 4.78 is 65.4. The van der Waals surface area contributed by atoms with Gasteiger partial charge in [0.15, 0.2) is 6.61 Å². The Kier molecular flexibility index (Phi) is 7.75. The molecular formula is C22H24F3N3O4S. The molecule has 0 aromatic heterocycles. The minimum atomic E-state index is -4.63. The van der Waals surface area contributed by atoms with E-state index in [-0.39, 0.29) is 38.4 Å². The maximum absolute atomic E-state index is 12.9. The van der Waals surface area contributed by atoms with Crippen LogP contribution in [0.4, 0.5) is 13.2 Å². The molecule has 0 aliphatic carbocycles. The molecule has 7 nitrogen and oxygen atoms in total. The molecule has 178 valence electrons. The van der Waals surface area contributed by atoms with Crippen LogP contribution in [0.2, 0.25) is 0 Å². The number of carbonyl (C=O) groups excluding carboxylic acids is 1. The lowest BCUT2D eigenvalue weighted by Crippen LogP contribution is -2.38. The van der Waals surface area contributed by atoms with Gasteiger partial charge in [0, 0.05) is 39.5 Å². The topological polar surface area (TPSA) is 79.3 Å². The third kappa shape index (κ3) is 6.55. The summed E-state index contributed by atoms with van der Waals surface area (Å²) >= 11 is 0. The van der Waals surface area contributed by atoms with Gasteiger partial charge in [-0.3, -0.25) is 4.79 Å². The summed E-state index contributed by atoms with van der Waals surface area (Å²) in [4.78, 5) is 18.5. The number of rotatable bonds is 7. The molecule has 3 rings (SSSR count). The molecule has 11 heteroatoms. The summed E-state index contributed by atoms with van der Waals surface area (Å²) in [6.45, 7) is 0.298. The fourth-order valence-electron chi connectivity index (χ4n) is 3.29. The van der Waals surface area contributed by atoms with E-state index in [4.69, 9.17) is 4.84 Å². The van der Waals surface area contributed by atoms with Crippen molar-refractivity contribution < 1.29 is 31.2 Å². The van der Waals surface area contributed by atoms with Crippen molar-refractivity contribution in [2.45, 2.75) is 30.5 Å². The van der Waals surface area contributed by atoms with Gasteiger partial charge in [-0.2, -0.15) is 17.5 Å². The molecular weight excluding hydrogens is 459 g/mol. The summed E-state index contributed by atoms with van der Waals surface area (Å²) in [5, 5.41) is 3.95. The maximum Gasteiger partial charge on any atom is 0.416 e. The van der Waals surface area contributed by atoms with Crippen molar-refractivity contribution in [2.24, 2.45) is 5.16 Å². The second-order valence-corrected chi connectivity index (χ2v) is 9.53. The highest BCUT2D eigenvalue weighted by Gasteiger charge is 2.33. The van der Waals surface area contributed by atoms with E-state index in [1.165, 1.54) is 4.90 Å². The van der Waals surface area contributed by atoms with Crippen molar-refractivity contribution in [3.63, 3.8) is 0 Å². The van der Waals surface area contributed by atoms with Crippen LogP contribution in [-0.2, 0) is 32.4 Å². The molecule has 33 heavy (non-hydrogen) atoms. The lowest BCUT2D eigenvalue weighted by atomic mass is 10.1. The minimum absolute atomic E-state index is 0.0582. The Bertz CT molecular complexity index is 1100. The molecule has 1 amide bonds. The van der Waals surface area contributed by atoms with Crippen LogP contribution in [-0.4, -0.2) is 56.0 Å². The normalized spacial score (nSPS) is 15.2. The number of oxime groups is 1. The lowest BCUT2D eigenvalue weighted by molar-refractivity contribution is -0.138. The summed E-state index contributed by atoms with van der Waals surface area (Å²) in [6, 6.07) is 13.2. The zero-order valence-electron chi connectivity index (χ0n) is 18.0. The quantitative estimate of drug-likeness (QED) is 0.565. The van der Waals surface area contributed by atoms with Gasteiger partial charge in [-0.25, -0.2) is 8.42 Å². The zero-order chi connectivity index (χ0) is 24.1. The Labute approximate surface area is 190 Å². The van der Waals surface area contributed by atoms with Gasteiger partial charge in [-0.1, -0.05) is 41.6 Å². The van der Waals surface area contributed by atoms with Crippen LogP contribution in [0.1, 0.15) is 24.0 Å². The molecule has 0 saturated carbocycles. The highest BCUT2D eigenvalue weighted by atomic mass is 32.2. The largest absolute Gasteiger partial charge is 0.416 e. The van der Waals surface area contributed by atoms with E-state index >= 15 is 0 Å². The number of sulfonamides is 1. The molecule has 0 spiro atoms. The van der Waals surface area contributed by atoms with Gasteiger partial charge < -0.3 is 9.74 Å². The van der Waals surface area contributed by atoms with Crippen LogP contribution in [0.5, 0.6) is 0 Å². The van der Waals surface area contributed by atoms with E-state index in [0.717, 1.165) is 28.1 Å². The number of amides is 1. The third-order valence-electron chi connectivity index (χ3n) is 5.17. The molecule has 2 aromatic rings. The Morgan fingerprint density at radius 2 is 1.76 bits per heavy atom. The highest BCUT2D eigenvalue weighted by Crippen LogP contribution is 2.31. The number of nitrogens with zero attached hydrogens (tertiary/aromatic N) is 3. The number of hydrogen-bond acceptors (Lipinski definition) is 5. The molecule has 0 unspecified atom stereocenters. The first-order valence-corrected chi connectivity index (χ1v) is 11.6. The number of carbonyl (C=O) groups is 1. The first kappa shape index (κ1) is 24.7. The zero-order valence-corrected chi connectivity index (χ0v) is 18.8. The number of alkyl halides is 3.